The molecule has 1 aromatic rings. The zero-order valence-corrected chi connectivity index (χ0v) is 21.3. The Kier molecular flexibility index (Phi) is 15.5. The molecule has 0 aliphatic heterocycles. The number of urea groups is 1. The Labute approximate surface area is 203 Å². The summed E-state index contributed by atoms with van der Waals surface area (Å²) in [5.41, 5.74) is 6.41. The number of ether oxygens (including phenoxy) is 1. The lowest BCUT2D eigenvalue weighted by atomic mass is 10.2. The third-order valence-corrected chi connectivity index (χ3v) is 4.68. The first-order chi connectivity index (χ1) is 16.1. The Morgan fingerprint density at radius 3 is 2.12 bits per heavy atom. The van der Waals surface area contributed by atoms with Gasteiger partial charge in [0.1, 0.15) is 6.61 Å². The van der Waals surface area contributed by atoms with Gasteiger partial charge in [0.05, 0.1) is 0 Å². The highest BCUT2D eigenvalue weighted by atomic mass is 16.6. The van der Waals surface area contributed by atoms with Crippen molar-refractivity contribution in [2.75, 3.05) is 39.0 Å². The van der Waals surface area contributed by atoms with E-state index in [1.807, 2.05) is 27.7 Å². The minimum atomic E-state index is -0.572. The fourth-order valence-corrected chi connectivity index (χ4v) is 2.73. The lowest BCUT2D eigenvalue weighted by Crippen LogP contribution is -2.39. The summed E-state index contributed by atoms with van der Waals surface area (Å²) in [4.78, 5) is 49.6. The van der Waals surface area contributed by atoms with E-state index in [2.05, 4.69) is 10.6 Å². The number of carbonyl (C=O) groups is 4. The molecule has 0 atom stereocenters. The van der Waals surface area contributed by atoms with Crippen LogP contribution in [-0.4, -0.2) is 67.5 Å². The highest BCUT2D eigenvalue weighted by molar-refractivity contribution is 5.90. The van der Waals surface area contributed by atoms with E-state index in [1.165, 1.54) is 4.90 Å². The molecule has 0 spiro atoms. The van der Waals surface area contributed by atoms with Crippen molar-refractivity contribution in [3.8, 4) is 0 Å². The first-order valence-corrected chi connectivity index (χ1v) is 11.6. The van der Waals surface area contributed by atoms with Crippen LogP contribution in [0.3, 0.4) is 0 Å². The smallest absolute Gasteiger partial charge is 0.409 e. The third-order valence-electron chi connectivity index (χ3n) is 4.68. The number of benzene rings is 1. The van der Waals surface area contributed by atoms with E-state index in [0.29, 0.717) is 44.6 Å². The van der Waals surface area contributed by atoms with Crippen molar-refractivity contribution in [1.82, 2.24) is 15.1 Å². The fourth-order valence-electron chi connectivity index (χ4n) is 2.73. The second kappa shape index (κ2) is 17.2. The van der Waals surface area contributed by atoms with Crippen molar-refractivity contribution in [3.63, 3.8) is 0 Å². The minimum absolute atomic E-state index is 0.0269. The molecule has 0 fully saturated rings. The molecule has 0 unspecified atom stereocenters. The van der Waals surface area contributed by atoms with Gasteiger partial charge in [0.25, 0.3) is 0 Å². The van der Waals surface area contributed by atoms with Gasteiger partial charge in [0.2, 0.25) is 11.8 Å². The topological polar surface area (TPSA) is 134 Å². The first kappa shape index (κ1) is 30.7. The molecule has 10 heteroatoms. The van der Waals surface area contributed by atoms with Gasteiger partial charge < -0.3 is 30.9 Å². The summed E-state index contributed by atoms with van der Waals surface area (Å²) in [6.07, 6.45) is 1.16. The number of unbranched alkanes of at least 4 members (excludes halogenated alkanes) is 1. The van der Waals surface area contributed by atoms with Gasteiger partial charge in [-0.05, 0) is 30.5 Å². The molecular weight excluding hydrogens is 438 g/mol. The molecule has 1 aromatic carbocycles. The van der Waals surface area contributed by atoms with Crippen LogP contribution in [0.5, 0.6) is 0 Å². The van der Waals surface area contributed by atoms with Gasteiger partial charge in [0.15, 0.2) is 0 Å². The number of nitrogens with two attached hydrogens (primary N) is 1. The molecular formula is C24H41N5O5. The van der Waals surface area contributed by atoms with Crippen LogP contribution in [0.1, 0.15) is 52.5 Å². The van der Waals surface area contributed by atoms with Crippen molar-refractivity contribution in [1.29, 1.82) is 0 Å². The predicted octanol–water partition coefficient (Wildman–Crippen LogP) is 3.17. The van der Waals surface area contributed by atoms with Crippen molar-refractivity contribution >= 4 is 29.6 Å². The predicted molar refractivity (Wildman–Crippen MR) is 133 cm³/mol. The molecule has 10 nitrogen and oxygen atoms in total. The molecule has 1 rings (SSSR count). The average Bonchev–Trinajstić information content (AvgIpc) is 2.81. The maximum absolute atomic E-state index is 12.1. The number of primary amides is 1. The third kappa shape index (κ3) is 13.3. The van der Waals surface area contributed by atoms with Gasteiger partial charge in [-0.3, -0.25) is 9.59 Å². The van der Waals surface area contributed by atoms with Crippen LogP contribution in [0.2, 0.25) is 0 Å². The van der Waals surface area contributed by atoms with Gasteiger partial charge in [-0.25, -0.2) is 9.59 Å². The zero-order valence-electron chi connectivity index (χ0n) is 21.3. The number of amides is 5. The van der Waals surface area contributed by atoms with E-state index in [1.54, 1.807) is 43.3 Å². The molecule has 192 valence electrons. The van der Waals surface area contributed by atoms with Crippen LogP contribution in [0.25, 0.3) is 0 Å². The van der Waals surface area contributed by atoms with E-state index in [4.69, 9.17) is 10.5 Å². The lowest BCUT2D eigenvalue weighted by Gasteiger charge is -2.23. The first-order valence-electron chi connectivity index (χ1n) is 11.6. The maximum Gasteiger partial charge on any atom is 0.409 e. The Hall–Kier alpha value is -3.30. The van der Waals surface area contributed by atoms with Gasteiger partial charge >= 0.3 is 12.1 Å². The largest absolute Gasteiger partial charge is 0.445 e. The Bertz CT molecular complexity index is 768. The number of rotatable bonds is 12. The van der Waals surface area contributed by atoms with E-state index in [0.717, 1.165) is 5.56 Å². The van der Waals surface area contributed by atoms with Gasteiger partial charge in [0, 0.05) is 51.8 Å². The number of likely N-dealkylation sites (N-methyl/N-ethyl adjacent to an activating group) is 2. The summed E-state index contributed by atoms with van der Waals surface area (Å²) in [5.74, 6) is -0.180. The van der Waals surface area contributed by atoms with Crippen LogP contribution >= 0.6 is 0 Å². The SMILES string of the molecule is CC.CC(C)C(=O)N(C)CCN(C)C(=O)OCc1ccc(NC(=O)CCCCNC(N)=O)cc1. The van der Waals surface area contributed by atoms with E-state index >= 15 is 0 Å². The van der Waals surface area contributed by atoms with E-state index in [-0.39, 0.29) is 24.3 Å². The van der Waals surface area contributed by atoms with Gasteiger partial charge in [-0.15, -0.1) is 0 Å². The van der Waals surface area contributed by atoms with Crippen LogP contribution in [-0.2, 0) is 20.9 Å². The van der Waals surface area contributed by atoms with Gasteiger partial charge in [-0.1, -0.05) is 39.8 Å². The molecule has 0 aliphatic rings. The summed E-state index contributed by atoms with van der Waals surface area (Å²) >= 11 is 0. The molecule has 0 aliphatic carbocycles. The number of nitrogens with zero attached hydrogens (tertiary/aromatic N) is 2. The second-order valence-electron chi connectivity index (χ2n) is 7.88. The van der Waals surface area contributed by atoms with Crippen molar-refractivity contribution in [2.45, 2.75) is 53.6 Å². The maximum atomic E-state index is 12.1. The minimum Gasteiger partial charge on any atom is -0.445 e. The number of nitrogens with one attached hydrogen (secondary N) is 2. The number of anilines is 1. The standard InChI is InChI=1S/C22H35N5O5.C2H6/c1-16(2)20(29)26(3)13-14-27(4)22(31)32-15-17-8-10-18(11-9-17)25-19(28)7-5-6-12-24-21(23)30;1-2/h8-11,16H,5-7,12-15H2,1-4H3,(H,25,28)(H3,23,24,30);1-2H3. The van der Waals surface area contributed by atoms with Crippen LogP contribution < -0.4 is 16.4 Å². The van der Waals surface area contributed by atoms with Crippen LogP contribution in [0.15, 0.2) is 24.3 Å². The molecule has 0 saturated carbocycles. The van der Waals surface area contributed by atoms with Gasteiger partial charge in [-0.2, -0.15) is 0 Å². The molecule has 0 aromatic heterocycles. The summed E-state index contributed by atoms with van der Waals surface area (Å²) < 4.78 is 5.30. The summed E-state index contributed by atoms with van der Waals surface area (Å²) in [6.45, 7) is 9.01. The molecule has 4 N–H and O–H groups in total. The molecule has 0 bridgehead atoms. The lowest BCUT2D eigenvalue weighted by molar-refractivity contribution is -0.133. The van der Waals surface area contributed by atoms with Crippen LogP contribution in [0, 0.1) is 5.92 Å². The van der Waals surface area contributed by atoms with Crippen molar-refractivity contribution in [2.24, 2.45) is 11.7 Å². The number of carbonyl (C=O) groups excluding carboxylic acids is 4. The number of hydrogen-bond acceptors (Lipinski definition) is 5. The Morgan fingerprint density at radius 2 is 1.56 bits per heavy atom. The highest BCUT2D eigenvalue weighted by Crippen LogP contribution is 2.12. The Morgan fingerprint density at radius 1 is 0.971 bits per heavy atom. The van der Waals surface area contributed by atoms with Crippen LogP contribution in [0.4, 0.5) is 15.3 Å². The molecule has 34 heavy (non-hydrogen) atoms. The molecule has 5 amide bonds. The highest BCUT2D eigenvalue weighted by Gasteiger charge is 2.16. The normalized spacial score (nSPS) is 9.97. The quantitative estimate of drug-likeness (QED) is 0.396. The van der Waals surface area contributed by atoms with E-state index in [9.17, 15) is 19.2 Å². The monoisotopic (exact) mass is 479 g/mol. The second-order valence-corrected chi connectivity index (χ2v) is 7.88. The Balaban J connectivity index is 0.00000529. The molecule has 0 saturated heterocycles. The summed E-state index contributed by atoms with van der Waals surface area (Å²) in [5, 5.41) is 5.27. The van der Waals surface area contributed by atoms with Crippen molar-refractivity contribution < 1.29 is 23.9 Å². The molecule has 0 radical (unpaired) electrons. The summed E-state index contributed by atoms with van der Waals surface area (Å²) in [7, 11) is 3.34. The van der Waals surface area contributed by atoms with Crippen molar-refractivity contribution in [3.05, 3.63) is 29.8 Å². The number of hydrogen-bond donors (Lipinski definition) is 3. The average molecular weight is 480 g/mol. The zero-order chi connectivity index (χ0) is 26.1. The molecule has 0 heterocycles. The summed E-state index contributed by atoms with van der Waals surface area (Å²) in [6, 6.07) is 6.46. The van der Waals surface area contributed by atoms with E-state index < -0.39 is 12.1 Å². The fraction of sp³-hybridized carbons (Fsp3) is 0.583.